The quantitative estimate of drug-likeness (QED) is 0.595. The molecule has 2 N–H and O–H groups in total. The highest BCUT2D eigenvalue weighted by molar-refractivity contribution is 5.79. The molecule has 134 valence electrons. The predicted octanol–water partition coefficient (Wildman–Crippen LogP) is 3.69. The van der Waals surface area contributed by atoms with E-state index in [1.54, 1.807) is 26.3 Å². The van der Waals surface area contributed by atoms with Gasteiger partial charge in [0.2, 0.25) is 0 Å². The molecule has 1 atom stereocenters. The lowest BCUT2D eigenvalue weighted by Gasteiger charge is -2.15. The Morgan fingerprint density at radius 3 is 2.36 bits per heavy atom. The molecule has 0 radical (unpaired) electrons. The van der Waals surface area contributed by atoms with Gasteiger partial charge in [-0.1, -0.05) is 31.2 Å². The highest BCUT2D eigenvalue weighted by Crippen LogP contribution is 2.21. The van der Waals surface area contributed by atoms with Gasteiger partial charge < -0.3 is 15.4 Å². The number of hydrogen-bond donors (Lipinski definition) is 2. The van der Waals surface area contributed by atoms with Crippen LogP contribution in [0.15, 0.2) is 53.5 Å². The van der Waals surface area contributed by atoms with Crippen molar-refractivity contribution >= 4 is 5.96 Å². The van der Waals surface area contributed by atoms with Crippen molar-refractivity contribution in [2.45, 2.75) is 25.8 Å². The first-order valence-electron chi connectivity index (χ1n) is 8.45. The lowest BCUT2D eigenvalue weighted by molar-refractivity contribution is 0.414. The molecule has 0 heterocycles. The van der Waals surface area contributed by atoms with Crippen molar-refractivity contribution in [1.29, 1.82) is 0 Å². The van der Waals surface area contributed by atoms with E-state index in [2.05, 4.69) is 34.7 Å². The molecule has 0 aliphatic rings. The summed E-state index contributed by atoms with van der Waals surface area (Å²) in [6.45, 7) is 3.63. The van der Waals surface area contributed by atoms with Crippen LogP contribution in [-0.2, 0) is 6.54 Å². The fraction of sp³-hybridized carbons (Fsp3) is 0.350. The summed E-state index contributed by atoms with van der Waals surface area (Å²) in [6, 6.07) is 14.6. The van der Waals surface area contributed by atoms with Crippen molar-refractivity contribution in [2.75, 3.05) is 20.7 Å². The molecule has 0 aliphatic heterocycles. The van der Waals surface area contributed by atoms with E-state index in [0.717, 1.165) is 30.2 Å². The second kappa shape index (κ2) is 9.67. The summed E-state index contributed by atoms with van der Waals surface area (Å²) in [5.41, 5.74) is 2.30. The molecule has 5 heteroatoms. The van der Waals surface area contributed by atoms with E-state index in [0.29, 0.717) is 12.5 Å². The first-order chi connectivity index (χ1) is 12.1. The molecule has 0 saturated carbocycles. The maximum Gasteiger partial charge on any atom is 0.191 e. The van der Waals surface area contributed by atoms with Crippen LogP contribution in [0.25, 0.3) is 0 Å². The molecule has 1 unspecified atom stereocenters. The van der Waals surface area contributed by atoms with Crippen LogP contribution >= 0.6 is 0 Å². The molecule has 0 aromatic heterocycles. The molecule has 2 aromatic carbocycles. The molecule has 0 fully saturated rings. The number of nitrogens with zero attached hydrogens (tertiary/aromatic N) is 1. The highest BCUT2D eigenvalue weighted by atomic mass is 19.1. The van der Waals surface area contributed by atoms with Gasteiger partial charge in [0.1, 0.15) is 11.6 Å². The van der Waals surface area contributed by atoms with Crippen molar-refractivity contribution in [3.8, 4) is 5.75 Å². The third-order valence-electron chi connectivity index (χ3n) is 4.15. The number of nitrogens with one attached hydrogen (secondary N) is 2. The molecule has 2 aromatic rings. The summed E-state index contributed by atoms with van der Waals surface area (Å²) >= 11 is 0. The van der Waals surface area contributed by atoms with Gasteiger partial charge >= 0.3 is 0 Å². The third kappa shape index (κ3) is 6.10. The Labute approximate surface area is 149 Å². The second-order valence-electron chi connectivity index (χ2n) is 5.94. The number of hydrogen-bond acceptors (Lipinski definition) is 2. The van der Waals surface area contributed by atoms with Crippen LogP contribution < -0.4 is 15.4 Å². The Morgan fingerprint density at radius 1 is 1.08 bits per heavy atom. The summed E-state index contributed by atoms with van der Waals surface area (Å²) in [5, 5.41) is 6.55. The molecule has 0 amide bonds. The van der Waals surface area contributed by atoms with E-state index < -0.39 is 0 Å². The first-order valence-corrected chi connectivity index (χ1v) is 8.45. The van der Waals surface area contributed by atoms with Gasteiger partial charge in [-0.15, -0.1) is 0 Å². The standard InChI is InChI=1S/C20H26FN3O/c1-15(17-6-10-19(25-3)11-7-17)12-13-23-20(22-2)24-14-16-4-8-18(21)9-5-16/h4-11,15H,12-14H2,1-3H3,(H2,22,23,24). The van der Waals surface area contributed by atoms with Crippen LogP contribution in [-0.4, -0.2) is 26.7 Å². The molecular weight excluding hydrogens is 317 g/mol. The number of ether oxygens (including phenoxy) is 1. The summed E-state index contributed by atoms with van der Waals surface area (Å²) < 4.78 is 18.1. The van der Waals surface area contributed by atoms with E-state index in [1.807, 2.05) is 12.1 Å². The molecule has 4 nitrogen and oxygen atoms in total. The van der Waals surface area contributed by atoms with Gasteiger partial charge in [0.25, 0.3) is 0 Å². The van der Waals surface area contributed by atoms with Crippen LogP contribution in [0.3, 0.4) is 0 Å². The van der Waals surface area contributed by atoms with E-state index in [4.69, 9.17) is 4.74 Å². The summed E-state index contributed by atoms with van der Waals surface area (Å²) in [7, 11) is 3.42. The van der Waals surface area contributed by atoms with Gasteiger partial charge in [-0.25, -0.2) is 4.39 Å². The van der Waals surface area contributed by atoms with Crippen molar-refractivity contribution in [3.63, 3.8) is 0 Å². The van der Waals surface area contributed by atoms with Crippen LogP contribution in [0.2, 0.25) is 0 Å². The minimum absolute atomic E-state index is 0.223. The fourth-order valence-corrected chi connectivity index (χ4v) is 2.51. The van der Waals surface area contributed by atoms with Crippen LogP contribution in [0.5, 0.6) is 5.75 Å². The summed E-state index contributed by atoms with van der Waals surface area (Å²) in [5.74, 6) is 1.83. The normalized spacial score (nSPS) is 12.6. The lowest BCUT2D eigenvalue weighted by atomic mass is 9.98. The van der Waals surface area contributed by atoms with Crippen LogP contribution in [0.4, 0.5) is 4.39 Å². The number of guanidine groups is 1. The van der Waals surface area contributed by atoms with Crippen molar-refractivity contribution in [3.05, 3.63) is 65.5 Å². The van der Waals surface area contributed by atoms with Crippen molar-refractivity contribution in [2.24, 2.45) is 4.99 Å². The maximum absolute atomic E-state index is 12.9. The zero-order chi connectivity index (χ0) is 18.1. The van der Waals surface area contributed by atoms with Gasteiger partial charge in [0.05, 0.1) is 7.11 Å². The Kier molecular flexibility index (Phi) is 7.26. The van der Waals surface area contributed by atoms with Gasteiger partial charge in [-0.2, -0.15) is 0 Å². The molecule has 0 saturated heterocycles. The smallest absolute Gasteiger partial charge is 0.191 e. The van der Waals surface area contributed by atoms with Gasteiger partial charge in [-0.05, 0) is 47.7 Å². The predicted molar refractivity (Wildman–Crippen MR) is 101 cm³/mol. The second-order valence-corrected chi connectivity index (χ2v) is 5.94. The zero-order valence-electron chi connectivity index (χ0n) is 15.1. The third-order valence-corrected chi connectivity index (χ3v) is 4.15. The topological polar surface area (TPSA) is 45.7 Å². The van der Waals surface area contributed by atoms with Gasteiger partial charge in [-0.3, -0.25) is 4.99 Å². The molecular formula is C20H26FN3O. The maximum atomic E-state index is 12.9. The Hall–Kier alpha value is -2.56. The first kappa shape index (κ1) is 18.8. The largest absolute Gasteiger partial charge is 0.497 e. The SMILES string of the molecule is CN=C(NCCC(C)c1ccc(OC)cc1)NCc1ccc(F)cc1. The van der Waals surface area contributed by atoms with Gasteiger partial charge in [0.15, 0.2) is 5.96 Å². The highest BCUT2D eigenvalue weighted by Gasteiger charge is 2.06. The van der Waals surface area contributed by atoms with Gasteiger partial charge in [0, 0.05) is 20.1 Å². The van der Waals surface area contributed by atoms with E-state index >= 15 is 0 Å². The van der Waals surface area contributed by atoms with Crippen LogP contribution in [0.1, 0.15) is 30.4 Å². The van der Waals surface area contributed by atoms with E-state index in [9.17, 15) is 4.39 Å². The fourth-order valence-electron chi connectivity index (χ4n) is 2.51. The molecule has 0 bridgehead atoms. The average Bonchev–Trinajstić information content (AvgIpc) is 2.65. The summed E-state index contributed by atoms with van der Waals surface area (Å²) in [4.78, 5) is 4.22. The Morgan fingerprint density at radius 2 is 1.76 bits per heavy atom. The number of methoxy groups -OCH3 is 1. The number of aliphatic imine (C=N–C) groups is 1. The van der Waals surface area contributed by atoms with Crippen molar-refractivity contribution in [1.82, 2.24) is 10.6 Å². The van der Waals surface area contributed by atoms with E-state index in [1.165, 1.54) is 17.7 Å². The number of benzene rings is 2. The van der Waals surface area contributed by atoms with Crippen molar-refractivity contribution < 1.29 is 9.13 Å². The van der Waals surface area contributed by atoms with E-state index in [-0.39, 0.29) is 5.82 Å². The minimum atomic E-state index is -0.223. The Bertz CT molecular complexity index is 668. The molecule has 0 aliphatic carbocycles. The lowest BCUT2D eigenvalue weighted by Crippen LogP contribution is -2.37. The number of halogens is 1. The molecule has 0 spiro atoms. The number of rotatable bonds is 7. The minimum Gasteiger partial charge on any atom is -0.497 e. The monoisotopic (exact) mass is 343 g/mol. The Balaban J connectivity index is 1.75. The summed E-state index contributed by atoms with van der Waals surface area (Å²) in [6.07, 6.45) is 0.990. The molecule has 25 heavy (non-hydrogen) atoms. The zero-order valence-corrected chi connectivity index (χ0v) is 15.1. The average molecular weight is 343 g/mol. The van der Waals surface area contributed by atoms with Crippen LogP contribution in [0, 0.1) is 5.82 Å². The molecule has 2 rings (SSSR count).